The second kappa shape index (κ2) is 7.95. The highest BCUT2D eigenvalue weighted by atomic mass is 16.5. The molecule has 1 atom stereocenters. The number of carbonyl (C=O) groups is 3. The fraction of sp³-hybridized carbons (Fsp3) is 0.500. The lowest BCUT2D eigenvalue weighted by Gasteiger charge is -2.19. The van der Waals surface area contributed by atoms with Gasteiger partial charge in [0.15, 0.2) is 0 Å². The van der Waals surface area contributed by atoms with E-state index < -0.39 is 11.9 Å². The zero-order valence-electron chi connectivity index (χ0n) is 14.4. The summed E-state index contributed by atoms with van der Waals surface area (Å²) in [6.07, 6.45) is 0.208. The van der Waals surface area contributed by atoms with Gasteiger partial charge in [-0.15, -0.1) is 0 Å². The van der Waals surface area contributed by atoms with E-state index in [1.165, 1.54) is 0 Å². The number of esters is 1. The third-order valence-corrected chi connectivity index (χ3v) is 3.85. The molecule has 2 rings (SSSR count). The number of hydrogen-bond donors (Lipinski definition) is 1. The Morgan fingerprint density at radius 3 is 2.71 bits per heavy atom. The molecule has 0 aromatic heterocycles. The molecule has 1 aliphatic heterocycles. The molecular formula is C18H24N2O4. The molecule has 1 fully saturated rings. The Kier molecular flexibility index (Phi) is 5.95. The molecule has 1 heterocycles. The summed E-state index contributed by atoms with van der Waals surface area (Å²) >= 11 is 0. The van der Waals surface area contributed by atoms with E-state index in [2.05, 4.69) is 5.32 Å². The largest absolute Gasteiger partial charge is 0.462 e. The predicted octanol–water partition coefficient (Wildman–Crippen LogP) is 2.31. The van der Waals surface area contributed by atoms with Crippen molar-refractivity contribution in [2.45, 2.75) is 27.2 Å². The number of anilines is 1. The van der Waals surface area contributed by atoms with E-state index in [4.69, 9.17) is 4.74 Å². The quantitative estimate of drug-likeness (QED) is 0.811. The average Bonchev–Trinajstić information content (AvgIpc) is 2.88. The number of nitrogens with zero attached hydrogens (tertiary/aromatic N) is 1. The predicted molar refractivity (Wildman–Crippen MR) is 90.6 cm³/mol. The van der Waals surface area contributed by atoms with Crippen molar-refractivity contribution in [3.63, 3.8) is 0 Å². The number of para-hydroxylation sites is 1. The minimum absolute atomic E-state index is 0.00234. The van der Waals surface area contributed by atoms with Crippen LogP contribution < -0.4 is 5.32 Å². The molecule has 1 N–H and O–H groups in total. The maximum Gasteiger partial charge on any atom is 0.340 e. The monoisotopic (exact) mass is 332 g/mol. The van der Waals surface area contributed by atoms with Crippen molar-refractivity contribution in [1.29, 1.82) is 0 Å². The van der Waals surface area contributed by atoms with Gasteiger partial charge in [-0.3, -0.25) is 9.59 Å². The molecule has 130 valence electrons. The molecule has 0 bridgehead atoms. The van der Waals surface area contributed by atoms with Gasteiger partial charge in [0, 0.05) is 19.5 Å². The van der Waals surface area contributed by atoms with Crippen molar-refractivity contribution in [1.82, 2.24) is 4.90 Å². The standard InChI is InChI=1S/C18H24N2O4/c1-4-24-18(23)14-7-5-6-8-15(14)19-17(22)13-9-16(21)20(11-13)10-12(2)3/h5-8,12-13H,4,9-11H2,1-3H3,(H,19,22). The fourth-order valence-electron chi connectivity index (χ4n) is 2.78. The molecule has 0 spiro atoms. The summed E-state index contributed by atoms with van der Waals surface area (Å²) in [7, 11) is 0. The number of benzene rings is 1. The van der Waals surface area contributed by atoms with Gasteiger partial charge < -0.3 is 15.0 Å². The number of amides is 2. The van der Waals surface area contributed by atoms with Crippen LogP contribution in [-0.2, 0) is 14.3 Å². The fourth-order valence-corrected chi connectivity index (χ4v) is 2.78. The molecule has 0 aliphatic carbocycles. The van der Waals surface area contributed by atoms with Crippen LogP contribution in [0.15, 0.2) is 24.3 Å². The molecule has 1 saturated heterocycles. The summed E-state index contributed by atoms with van der Waals surface area (Å²) in [6.45, 7) is 7.15. The number of ether oxygens (including phenoxy) is 1. The van der Waals surface area contributed by atoms with Crippen LogP contribution in [0.3, 0.4) is 0 Å². The van der Waals surface area contributed by atoms with E-state index in [0.29, 0.717) is 30.3 Å². The van der Waals surface area contributed by atoms with Gasteiger partial charge in [-0.05, 0) is 25.0 Å². The van der Waals surface area contributed by atoms with Gasteiger partial charge in [0.05, 0.1) is 23.8 Å². The lowest BCUT2D eigenvalue weighted by Crippen LogP contribution is -2.31. The molecule has 1 aliphatic rings. The molecule has 0 radical (unpaired) electrons. The zero-order chi connectivity index (χ0) is 17.7. The Morgan fingerprint density at radius 2 is 2.04 bits per heavy atom. The Hall–Kier alpha value is -2.37. The summed E-state index contributed by atoms with van der Waals surface area (Å²) in [6, 6.07) is 6.72. The minimum atomic E-state index is -0.475. The van der Waals surface area contributed by atoms with Crippen LogP contribution in [0.1, 0.15) is 37.6 Å². The van der Waals surface area contributed by atoms with Crippen molar-refractivity contribution in [3.8, 4) is 0 Å². The van der Waals surface area contributed by atoms with Crippen molar-refractivity contribution >= 4 is 23.5 Å². The van der Waals surface area contributed by atoms with Crippen LogP contribution in [-0.4, -0.2) is 42.4 Å². The van der Waals surface area contributed by atoms with E-state index in [0.717, 1.165) is 0 Å². The summed E-state index contributed by atoms with van der Waals surface area (Å²) in [5.74, 6) is -0.752. The molecule has 1 unspecified atom stereocenters. The highest BCUT2D eigenvalue weighted by molar-refractivity contribution is 6.03. The number of nitrogens with one attached hydrogen (secondary N) is 1. The Labute approximate surface area is 142 Å². The molecular weight excluding hydrogens is 308 g/mol. The van der Waals surface area contributed by atoms with Crippen molar-refractivity contribution in [2.75, 3.05) is 25.0 Å². The van der Waals surface area contributed by atoms with E-state index in [1.54, 1.807) is 36.1 Å². The van der Waals surface area contributed by atoms with E-state index in [9.17, 15) is 14.4 Å². The average molecular weight is 332 g/mol. The summed E-state index contributed by atoms with van der Waals surface area (Å²) in [5, 5.41) is 2.77. The Bertz CT molecular complexity index is 627. The molecule has 1 aromatic carbocycles. The normalized spacial score (nSPS) is 17.2. The van der Waals surface area contributed by atoms with Crippen LogP contribution in [0, 0.1) is 11.8 Å². The number of rotatable bonds is 6. The smallest absolute Gasteiger partial charge is 0.340 e. The molecule has 0 saturated carbocycles. The maximum atomic E-state index is 12.5. The number of likely N-dealkylation sites (tertiary alicyclic amines) is 1. The van der Waals surface area contributed by atoms with Gasteiger partial charge >= 0.3 is 5.97 Å². The van der Waals surface area contributed by atoms with Crippen LogP contribution >= 0.6 is 0 Å². The molecule has 2 amide bonds. The van der Waals surface area contributed by atoms with Gasteiger partial charge in [-0.1, -0.05) is 26.0 Å². The maximum absolute atomic E-state index is 12.5. The van der Waals surface area contributed by atoms with Gasteiger partial charge in [-0.25, -0.2) is 4.79 Å². The van der Waals surface area contributed by atoms with Crippen LogP contribution in [0.25, 0.3) is 0 Å². The number of carbonyl (C=O) groups excluding carboxylic acids is 3. The van der Waals surface area contributed by atoms with Gasteiger partial charge in [-0.2, -0.15) is 0 Å². The molecule has 1 aromatic rings. The van der Waals surface area contributed by atoms with E-state index >= 15 is 0 Å². The first-order valence-electron chi connectivity index (χ1n) is 8.27. The van der Waals surface area contributed by atoms with Crippen LogP contribution in [0.4, 0.5) is 5.69 Å². The summed E-state index contributed by atoms with van der Waals surface area (Å²) in [5.41, 5.74) is 0.728. The lowest BCUT2D eigenvalue weighted by molar-refractivity contribution is -0.128. The van der Waals surface area contributed by atoms with Crippen molar-refractivity contribution in [2.24, 2.45) is 11.8 Å². The summed E-state index contributed by atoms with van der Waals surface area (Å²) in [4.78, 5) is 38.2. The first kappa shape index (κ1) is 18.0. The Morgan fingerprint density at radius 1 is 1.33 bits per heavy atom. The Balaban J connectivity index is 2.06. The van der Waals surface area contributed by atoms with Crippen molar-refractivity contribution < 1.29 is 19.1 Å². The van der Waals surface area contributed by atoms with E-state index in [1.807, 2.05) is 13.8 Å². The highest BCUT2D eigenvalue weighted by Crippen LogP contribution is 2.22. The lowest BCUT2D eigenvalue weighted by atomic mass is 10.1. The van der Waals surface area contributed by atoms with Gasteiger partial charge in [0.1, 0.15) is 0 Å². The second-order valence-corrected chi connectivity index (χ2v) is 6.35. The third kappa shape index (κ3) is 4.34. The SMILES string of the molecule is CCOC(=O)c1ccccc1NC(=O)C1CC(=O)N(CC(C)C)C1. The van der Waals surface area contributed by atoms with Crippen LogP contribution in [0.2, 0.25) is 0 Å². The molecule has 6 heteroatoms. The van der Waals surface area contributed by atoms with Crippen molar-refractivity contribution in [3.05, 3.63) is 29.8 Å². The number of hydrogen-bond acceptors (Lipinski definition) is 4. The minimum Gasteiger partial charge on any atom is -0.462 e. The molecule has 24 heavy (non-hydrogen) atoms. The second-order valence-electron chi connectivity index (χ2n) is 6.35. The molecule has 6 nitrogen and oxygen atoms in total. The van der Waals surface area contributed by atoms with Gasteiger partial charge in [0.2, 0.25) is 11.8 Å². The summed E-state index contributed by atoms with van der Waals surface area (Å²) < 4.78 is 5.00. The van der Waals surface area contributed by atoms with E-state index in [-0.39, 0.29) is 24.8 Å². The third-order valence-electron chi connectivity index (χ3n) is 3.85. The topological polar surface area (TPSA) is 75.7 Å². The first-order valence-corrected chi connectivity index (χ1v) is 8.27. The highest BCUT2D eigenvalue weighted by Gasteiger charge is 2.34. The van der Waals surface area contributed by atoms with Crippen LogP contribution in [0.5, 0.6) is 0 Å². The first-order chi connectivity index (χ1) is 11.4. The zero-order valence-corrected chi connectivity index (χ0v) is 14.4. The van der Waals surface area contributed by atoms with Gasteiger partial charge in [0.25, 0.3) is 0 Å².